The quantitative estimate of drug-likeness (QED) is 0.737. The molecule has 0 saturated heterocycles. The van der Waals surface area contributed by atoms with Crippen molar-refractivity contribution in [2.45, 2.75) is 13.5 Å². The predicted molar refractivity (Wildman–Crippen MR) is 98.6 cm³/mol. The lowest BCUT2D eigenvalue weighted by atomic mass is 10.1. The van der Waals surface area contributed by atoms with E-state index in [4.69, 9.17) is 9.47 Å². The number of amides is 1. The van der Waals surface area contributed by atoms with Crippen LogP contribution in [0.1, 0.15) is 17.3 Å². The standard InChI is InChI=1S/C19H20N4O3/c1-4-23-12-20-22-18(23)13-6-5-7-15(10-13)21-19(24)14-8-9-16(25-2)17(11-14)26-3/h5-12H,4H2,1-3H3,(H,21,24). The van der Waals surface area contributed by atoms with Gasteiger partial charge in [0.1, 0.15) is 6.33 Å². The maximum absolute atomic E-state index is 12.6. The van der Waals surface area contributed by atoms with Gasteiger partial charge in [0.15, 0.2) is 17.3 Å². The number of carbonyl (C=O) groups excluding carboxylic acids is 1. The van der Waals surface area contributed by atoms with E-state index >= 15 is 0 Å². The second-order valence-corrected chi connectivity index (χ2v) is 5.55. The summed E-state index contributed by atoms with van der Waals surface area (Å²) < 4.78 is 12.4. The van der Waals surface area contributed by atoms with Crippen molar-refractivity contribution in [3.8, 4) is 22.9 Å². The van der Waals surface area contributed by atoms with Gasteiger partial charge in [0, 0.05) is 23.4 Å². The molecule has 7 heteroatoms. The van der Waals surface area contributed by atoms with Gasteiger partial charge in [0.05, 0.1) is 14.2 Å². The Balaban J connectivity index is 1.83. The molecule has 0 fully saturated rings. The van der Waals surface area contributed by atoms with E-state index in [1.165, 1.54) is 7.11 Å². The van der Waals surface area contributed by atoms with E-state index in [-0.39, 0.29) is 5.91 Å². The van der Waals surface area contributed by atoms with Crippen LogP contribution < -0.4 is 14.8 Å². The number of ether oxygens (including phenoxy) is 2. The number of hydrogen-bond acceptors (Lipinski definition) is 5. The minimum absolute atomic E-state index is 0.236. The molecule has 0 aliphatic carbocycles. The number of nitrogens with zero attached hydrogens (tertiary/aromatic N) is 3. The summed E-state index contributed by atoms with van der Waals surface area (Å²) in [6, 6.07) is 12.5. The smallest absolute Gasteiger partial charge is 0.255 e. The summed E-state index contributed by atoms with van der Waals surface area (Å²) in [6.45, 7) is 2.79. The zero-order valence-corrected chi connectivity index (χ0v) is 14.9. The number of nitrogens with one attached hydrogen (secondary N) is 1. The predicted octanol–water partition coefficient (Wildman–Crippen LogP) is 3.23. The monoisotopic (exact) mass is 352 g/mol. The number of anilines is 1. The fourth-order valence-corrected chi connectivity index (χ4v) is 2.63. The molecule has 7 nitrogen and oxygen atoms in total. The molecule has 134 valence electrons. The molecular weight excluding hydrogens is 332 g/mol. The Morgan fingerprint density at radius 2 is 1.92 bits per heavy atom. The number of aryl methyl sites for hydroxylation is 1. The molecule has 1 N–H and O–H groups in total. The van der Waals surface area contributed by atoms with Crippen molar-refractivity contribution in [1.29, 1.82) is 0 Å². The average molecular weight is 352 g/mol. The van der Waals surface area contributed by atoms with Gasteiger partial charge in [-0.25, -0.2) is 0 Å². The van der Waals surface area contributed by atoms with E-state index in [9.17, 15) is 4.79 Å². The summed E-state index contributed by atoms with van der Waals surface area (Å²) in [4.78, 5) is 12.6. The van der Waals surface area contributed by atoms with Gasteiger partial charge in [-0.3, -0.25) is 4.79 Å². The van der Waals surface area contributed by atoms with Crippen LogP contribution in [0.15, 0.2) is 48.8 Å². The van der Waals surface area contributed by atoms with Crippen LogP contribution in [0, 0.1) is 0 Å². The number of hydrogen-bond donors (Lipinski definition) is 1. The van der Waals surface area contributed by atoms with Gasteiger partial charge in [-0.15, -0.1) is 10.2 Å². The van der Waals surface area contributed by atoms with Crippen molar-refractivity contribution in [3.63, 3.8) is 0 Å². The Bertz CT molecular complexity index is 921. The number of rotatable bonds is 6. The molecule has 0 saturated carbocycles. The second-order valence-electron chi connectivity index (χ2n) is 5.55. The third kappa shape index (κ3) is 3.51. The molecule has 0 unspecified atom stereocenters. The highest BCUT2D eigenvalue weighted by Crippen LogP contribution is 2.28. The van der Waals surface area contributed by atoms with Crippen LogP contribution in [0.2, 0.25) is 0 Å². The van der Waals surface area contributed by atoms with E-state index < -0.39 is 0 Å². The van der Waals surface area contributed by atoms with Gasteiger partial charge in [0.2, 0.25) is 0 Å². The van der Waals surface area contributed by atoms with Gasteiger partial charge in [-0.1, -0.05) is 12.1 Å². The Morgan fingerprint density at radius 1 is 1.12 bits per heavy atom. The molecule has 0 atom stereocenters. The minimum atomic E-state index is -0.236. The van der Waals surface area contributed by atoms with E-state index in [2.05, 4.69) is 15.5 Å². The van der Waals surface area contributed by atoms with Crippen molar-refractivity contribution in [1.82, 2.24) is 14.8 Å². The summed E-state index contributed by atoms with van der Waals surface area (Å²) in [7, 11) is 3.09. The van der Waals surface area contributed by atoms with Crippen LogP contribution in [0.3, 0.4) is 0 Å². The lowest BCUT2D eigenvalue weighted by molar-refractivity contribution is 0.102. The molecule has 0 aliphatic heterocycles. The molecule has 3 aromatic rings. The van der Waals surface area contributed by atoms with Crippen LogP contribution in [0.5, 0.6) is 11.5 Å². The van der Waals surface area contributed by atoms with Crippen molar-refractivity contribution < 1.29 is 14.3 Å². The first-order valence-corrected chi connectivity index (χ1v) is 8.18. The molecule has 0 radical (unpaired) electrons. The maximum Gasteiger partial charge on any atom is 0.255 e. The summed E-state index contributed by atoms with van der Waals surface area (Å²) in [5.41, 5.74) is 2.03. The molecule has 0 aliphatic rings. The van der Waals surface area contributed by atoms with Crippen LogP contribution in [-0.2, 0) is 6.54 Å². The van der Waals surface area contributed by atoms with Gasteiger partial charge in [0.25, 0.3) is 5.91 Å². The van der Waals surface area contributed by atoms with Crippen molar-refractivity contribution in [3.05, 3.63) is 54.4 Å². The molecule has 0 bridgehead atoms. The van der Waals surface area contributed by atoms with E-state index in [1.54, 1.807) is 31.6 Å². The molecule has 0 spiro atoms. The fraction of sp³-hybridized carbons (Fsp3) is 0.211. The summed E-state index contributed by atoms with van der Waals surface area (Å²) >= 11 is 0. The highest BCUT2D eigenvalue weighted by molar-refractivity contribution is 6.04. The lowest BCUT2D eigenvalue weighted by Gasteiger charge is -2.11. The van der Waals surface area contributed by atoms with Gasteiger partial charge in [-0.05, 0) is 37.3 Å². The highest BCUT2D eigenvalue weighted by Gasteiger charge is 2.12. The van der Waals surface area contributed by atoms with Crippen LogP contribution in [0.25, 0.3) is 11.4 Å². The second kappa shape index (κ2) is 7.69. The van der Waals surface area contributed by atoms with E-state index in [1.807, 2.05) is 35.8 Å². The zero-order chi connectivity index (χ0) is 18.5. The van der Waals surface area contributed by atoms with Gasteiger partial charge in [-0.2, -0.15) is 0 Å². The van der Waals surface area contributed by atoms with Crippen molar-refractivity contribution in [2.24, 2.45) is 0 Å². The minimum Gasteiger partial charge on any atom is -0.493 e. The normalized spacial score (nSPS) is 10.4. The first kappa shape index (κ1) is 17.5. The Kier molecular flexibility index (Phi) is 5.17. The van der Waals surface area contributed by atoms with Crippen LogP contribution in [-0.4, -0.2) is 34.9 Å². The summed E-state index contributed by atoms with van der Waals surface area (Å²) in [5, 5.41) is 11.0. The van der Waals surface area contributed by atoms with Crippen LogP contribution in [0.4, 0.5) is 5.69 Å². The summed E-state index contributed by atoms with van der Waals surface area (Å²) in [5.74, 6) is 1.60. The lowest BCUT2D eigenvalue weighted by Crippen LogP contribution is -2.12. The zero-order valence-electron chi connectivity index (χ0n) is 14.9. The molecule has 26 heavy (non-hydrogen) atoms. The molecule has 3 rings (SSSR count). The number of benzene rings is 2. The average Bonchev–Trinajstić information content (AvgIpc) is 3.16. The molecule has 1 amide bonds. The largest absolute Gasteiger partial charge is 0.493 e. The van der Waals surface area contributed by atoms with Crippen molar-refractivity contribution >= 4 is 11.6 Å². The first-order chi connectivity index (χ1) is 12.7. The molecule has 1 aromatic heterocycles. The number of aromatic nitrogens is 3. The van der Waals surface area contributed by atoms with E-state index in [0.717, 1.165) is 17.9 Å². The SMILES string of the molecule is CCn1cnnc1-c1cccc(NC(=O)c2ccc(OC)c(OC)c2)c1. The van der Waals surface area contributed by atoms with Gasteiger partial charge < -0.3 is 19.4 Å². The Morgan fingerprint density at radius 3 is 2.65 bits per heavy atom. The molecule has 2 aromatic carbocycles. The third-order valence-electron chi connectivity index (χ3n) is 3.98. The Labute approximate surface area is 151 Å². The summed E-state index contributed by atoms with van der Waals surface area (Å²) in [6.07, 6.45) is 1.68. The first-order valence-electron chi connectivity index (χ1n) is 8.18. The molecular formula is C19H20N4O3. The topological polar surface area (TPSA) is 78.3 Å². The van der Waals surface area contributed by atoms with E-state index in [0.29, 0.717) is 22.7 Å². The number of carbonyl (C=O) groups is 1. The highest BCUT2D eigenvalue weighted by atomic mass is 16.5. The molecule has 1 heterocycles. The fourth-order valence-electron chi connectivity index (χ4n) is 2.63. The number of methoxy groups -OCH3 is 2. The third-order valence-corrected chi connectivity index (χ3v) is 3.98. The Hall–Kier alpha value is -3.35. The van der Waals surface area contributed by atoms with Gasteiger partial charge >= 0.3 is 0 Å². The van der Waals surface area contributed by atoms with Crippen molar-refractivity contribution in [2.75, 3.05) is 19.5 Å². The van der Waals surface area contributed by atoms with Crippen LogP contribution >= 0.6 is 0 Å². The maximum atomic E-state index is 12.6.